The number of rotatable bonds is 0. The maximum atomic E-state index is 12.1. The number of hydrogen-bond acceptors (Lipinski definition) is 1. The molecule has 1 nitrogen and oxygen atoms in total. The Bertz CT molecular complexity index is 254. The van der Waals surface area contributed by atoms with Crippen LogP contribution in [-0.2, 0) is 0 Å². The third-order valence-electron chi connectivity index (χ3n) is 1.39. The van der Waals surface area contributed by atoms with Crippen LogP contribution < -0.4 is 0 Å². The van der Waals surface area contributed by atoms with Crippen LogP contribution in [0.2, 0.25) is 0 Å². The maximum Gasteiger partial charge on any atom is 0.415 e. The molecule has 0 N–H and O–H groups in total. The van der Waals surface area contributed by atoms with Gasteiger partial charge in [0, 0.05) is 6.42 Å². The monoisotopic (exact) mass is 217 g/mol. The van der Waals surface area contributed by atoms with Gasteiger partial charge < -0.3 is 0 Å². The molecule has 0 atom stereocenters. The van der Waals surface area contributed by atoms with E-state index in [0.29, 0.717) is 0 Å². The summed E-state index contributed by atoms with van der Waals surface area (Å²) in [6, 6.07) is 0. The Morgan fingerprint density at radius 3 is 2.17 bits per heavy atom. The Labute approximate surface area is 76.9 Å². The van der Waals surface area contributed by atoms with Crippen LogP contribution in [0.5, 0.6) is 0 Å². The molecule has 0 saturated carbocycles. The lowest BCUT2D eigenvalue weighted by atomic mass is 10.1. The maximum absolute atomic E-state index is 12.1. The summed E-state index contributed by atoms with van der Waals surface area (Å²) >= 11 is 10.6. The fourth-order valence-electron chi connectivity index (χ4n) is 0.820. The molecule has 0 fully saturated rings. The van der Waals surface area contributed by atoms with Gasteiger partial charge in [-0.15, -0.1) is 0 Å². The van der Waals surface area contributed by atoms with E-state index >= 15 is 0 Å². The molecule has 0 radical (unpaired) electrons. The van der Waals surface area contributed by atoms with E-state index in [1.165, 1.54) is 0 Å². The number of alkyl halides is 3. The van der Waals surface area contributed by atoms with E-state index in [4.69, 9.17) is 23.2 Å². The molecule has 68 valence electrons. The first-order valence-electron chi connectivity index (χ1n) is 3.10. The molecule has 12 heavy (non-hydrogen) atoms. The minimum Gasteiger partial charge on any atom is -0.229 e. The summed E-state index contributed by atoms with van der Waals surface area (Å²) in [7, 11) is 0. The molecule has 0 bridgehead atoms. The summed E-state index contributed by atoms with van der Waals surface area (Å²) < 4.78 is 36.2. The Morgan fingerprint density at radius 1 is 1.17 bits per heavy atom. The predicted octanol–water partition coefficient (Wildman–Crippen LogP) is 3.43. The van der Waals surface area contributed by atoms with Crippen molar-refractivity contribution in [3.05, 3.63) is 10.7 Å². The average molecular weight is 218 g/mol. The SMILES string of the molecule is FC(F)(F)C1=C(Cl)N=C(Cl)CC1. The first kappa shape index (κ1) is 9.86. The minimum atomic E-state index is -4.39. The highest BCUT2D eigenvalue weighted by Gasteiger charge is 2.37. The average Bonchev–Trinajstić information content (AvgIpc) is 1.83. The number of hydrogen-bond donors (Lipinski definition) is 0. The van der Waals surface area contributed by atoms with Crippen molar-refractivity contribution < 1.29 is 13.2 Å². The van der Waals surface area contributed by atoms with Crippen LogP contribution >= 0.6 is 23.2 Å². The molecule has 0 unspecified atom stereocenters. The van der Waals surface area contributed by atoms with Gasteiger partial charge in [0.1, 0.15) is 10.3 Å². The van der Waals surface area contributed by atoms with Crippen LogP contribution in [0.25, 0.3) is 0 Å². The van der Waals surface area contributed by atoms with Crippen molar-refractivity contribution in [3.63, 3.8) is 0 Å². The molecule has 6 heteroatoms. The van der Waals surface area contributed by atoms with Gasteiger partial charge >= 0.3 is 6.18 Å². The van der Waals surface area contributed by atoms with Gasteiger partial charge in [0.2, 0.25) is 0 Å². The Kier molecular flexibility index (Phi) is 2.68. The highest BCUT2D eigenvalue weighted by molar-refractivity contribution is 6.66. The normalized spacial score (nSPS) is 19.6. The molecule has 0 spiro atoms. The van der Waals surface area contributed by atoms with Crippen molar-refractivity contribution in [1.82, 2.24) is 0 Å². The summed E-state index contributed by atoms with van der Waals surface area (Å²) in [5.41, 5.74) is -0.798. The van der Waals surface area contributed by atoms with Gasteiger partial charge in [-0.05, 0) is 6.42 Å². The molecule has 0 aromatic carbocycles. The highest BCUT2D eigenvalue weighted by atomic mass is 35.5. The fraction of sp³-hybridized carbons (Fsp3) is 0.500. The second-order valence-electron chi connectivity index (χ2n) is 2.26. The summed E-state index contributed by atoms with van der Waals surface area (Å²) in [4.78, 5) is 3.34. The van der Waals surface area contributed by atoms with Crippen LogP contribution in [-0.4, -0.2) is 11.3 Å². The molecule has 1 heterocycles. The molecule has 0 saturated heterocycles. The van der Waals surface area contributed by atoms with Gasteiger partial charge in [0.05, 0.1) is 5.57 Å². The van der Waals surface area contributed by atoms with Gasteiger partial charge in [0.25, 0.3) is 0 Å². The van der Waals surface area contributed by atoms with E-state index < -0.39 is 16.9 Å². The first-order valence-corrected chi connectivity index (χ1v) is 3.86. The van der Waals surface area contributed by atoms with E-state index in [1.807, 2.05) is 0 Å². The lowest BCUT2D eigenvalue weighted by Crippen LogP contribution is -2.16. The van der Waals surface area contributed by atoms with Crippen molar-refractivity contribution >= 4 is 28.4 Å². The zero-order valence-corrected chi connectivity index (χ0v) is 7.26. The van der Waals surface area contributed by atoms with E-state index in [9.17, 15) is 13.2 Å². The second kappa shape index (κ2) is 3.26. The third kappa shape index (κ3) is 2.14. The van der Waals surface area contributed by atoms with Crippen molar-refractivity contribution in [2.45, 2.75) is 19.0 Å². The molecule has 1 rings (SSSR count). The lowest BCUT2D eigenvalue weighted by Gasteiger charge is -2.15. The quantitative estimate of drug-likeness (QED) is 0.552. The number of allylic oxidation sites excluding steroid dienone is 1. The summed E-state index contributed by atoms with van der Waals surface area (Å²) in [6.45, 7) is 0. The fourth-order valence-corrected chi connectivity index (χ4v) is 1.35. The summed E-state index contributed by atoms with van der Waals surface area (Å²) in [5, 5.41) is -0.424. The van der Waals surface area contributed by atoms with Crippen LogP contribution in [0.3, 0.4) is 0 Å². The molecule has 1 aliphatic rings. The Balaban J connectivity index is 2.98. The van der Waals surface area contributed by atoms with Crippen molar-refractivity contribution in [3.8, 4) is 0 Å². The van der Waals surface area contributed by atoms with Crippen molar-refractivity contribution in [1.29, 1.82) is 0 Å². The van der Waals surface area contributed by atoms with Crippen molar-refractivity contribution in [2.24, 2.45) is 4.99 Å². The second-order valence-corrected chi connectivity index (χ2v) is 3.05. The first-order chi connectivity index (χ1) is 5.41. The molecule has 0 aromatic heterocycles. The topological polar surface area (TPSA) is 12.4 Å². The van der Waals surface area contributed by atoms with Crippen molar-refractivity contribution in [2.75, 3.05) is 0 Å². The van der Waals surface area contributed by atoms with Crippen LogP contribution in [0.1, 0.15) is 12.8 Å². The smallest absolute Gasteiger partial charge is 0.229 e. The molecule has 0 aliphatic carbocycles. The molecule has 0 aromatic rings. The molecular formula is C6H4Cl2F3N. The predicted molar refractivity (Wildman–Crippen MR) is 41.5 cm³/mol. The largest absolute Gasteiger partial charge is 0.415 e. The van der Waals surface area contributed by atoms with Gasteiger partial charge in [-0.1, -0.05) is 23.2 Å². The molecule has 0 amide bonds. The van der Waals surface area contributed by atoms with Crippen LogP contribution in [0, 0.1) is 0 Å². The summed E-state index contributed by atoms with van der Waals surface area (Å²) in [5.74, 6) is 0. The van der Waals surface area contributed by atoms with E-state index in [1.54, 1.807) is 0 Å². The van der Waals surface area contributed by atoms with Gasteiger partial charge in [0.15, 0.2) is 0 Å². The standard InChI is InChI=1S/C6H4Cl2F3N/c7-4-2-1-3(5(8)12-4)6(9,10)11/h1-2H2. The zero-order chi connectivity index (χ0) is 9.35. The van der Waals surface area contributed by atoms with E-state index in [0.717, 1.165) is 0 Å². The lowest BCUT2D eigenvalue weighted by molar-refractivity contribution is -0.0944. The summed E-state index contributed by atoms with van der Waals surface area (Å²) in [6.07, 6.45) is -4.48. The van der Waals surface area contributed by atoms with E-state index in [2.05, 4.69) is 4.99 Å². The number of nitrogens with zero attached hydrogens (tertiary/aromatic N) is 1. The third-order valence-corrected chi connectivity index (χ3v) is 1.98. The highest BCUT2D eigenvalue weighted by Crippen LogP contribution is 2.36. The van der Waals surface area contributed by atoms with Gasteiger partial charge in [-0.2, -0.15) is 13.2 Å². The Morgan fingerprint density at radius 2 is 1.75 bits per heavy atom. The molecular weight excluding hydrogens is 214 g/mol. The number of aliphatic imine (C=N–C) groups is 1. The van der Waals surface area contributed by atoms with Gasteiger partial charge in [-0.3, -0.25) is 0 Å². The Hall–Kier alpha value is -0.220. The number of halogens is 5. The zero-order valence-electron chi connectivity index (χ0n) is 5.75. The molecule has 1 aliphatic heterocycles. The van der Waals surface area contributed by atoms with Gasteiger partial charge in [-0.25, -0.2) is 4.99 Å². The van der Waals surface area contributed by atoms with Crippen LogP contribution in [0.4, 0.5) is 13.2 Å². The van der Waals surface area contributed by atoms with Crippen LogP contribution in [0.15, 0.2) is 15.7 Å². The minimum absolute atomic E-state index is 0.104. The van der Waals surface area contributed by atoms with E-state index in [-0.39, 0.29) is 18.0 Å².